The molecule has 2 heterocycles. The second-order valence-electron chi connectivity index (χ2n) is 5.54. The predicted octanol–water partition coefficient (Wildman–Crippen LogP) is 2.00. The van der Waals surface area contributed by atoms with Gasteiger partial charge in [0.25, 0.3) is 0 Å². The maximum Gasteiger partial charge on any atom is 0.494 e. The molecule has 18 heavy (non-hydrogen) atoms. The van der Waals surface area contributed by atoms with E-state index < -0.39 is 0 Å². The second-order valence-corrected chi connectivity index (χ2v) is 5.54. The number of nitrogens with zero attached hydrogens (tertiary/aromatic N) is 1. The number of para-hydroxylation sites is 1. The van der Waals surface area contributed by atoms with Crippen LogP contribution < -0.4 is 5.46 Å². The molecule has 1 aromatic heterocycles. The first-order valence-electron chi connectivity index (χ1n) is 6.23. The molecule has 3 rings (SSSR count). The van der Waals surface area contributed by atoms with Crippen LogP contribution in [0.5, 0.6) is 0 Å². The van der Waals surface area contributed by atoms with Crippen LogP contribution in [0.4, 0.5) is 0 Å². The van der Waals surface area contributed by atoms with Crippen molar-refractivity contribution in [2.24, 2.45) is 5.41 Å². The summed E-state index contributed by atoms with van der Waals surface area (Å²) in [4.78, 5) is 4.35. The van der Waals surface area contributed by atoms with Crippen molar-refractivity contribution in [1.82, 2.24) is 4.98 Å². The molecule has 0 spiro atoms. The third-order valence-corrected chi connectivity index (χ3v) is 3.19. The number of rotatable bonds is 1. The molecule has 0 unspecified atom stereocenters. The number of benzene rings is 1. The van der Waals surface area contributed by atoms with E-state index >= 15 is 0 Å². The topological polar surface area (TPSA) is 31.4 Å². The van der Waals surface area contributed by atoms with E-state index in [-0.39, 0.29) is 12.5 Å². The first kappa shape index (κ1) is 11.7. The Bertz CT molecular complexity index is 555. The van der Waals surface area contributed by atoms with Gasteiger partial charge in [0, 0.05) is 24.8 Å². The highest BCUT2D eigenvalue weighted by Crippen LogP contribution is 2.22. The summed E-state index contributed by atoms with van der Waals surface area (Å²) in [6.07, 6.45) is 1.81. The van der Waals surface area contributed by atoms with E-state index in [0.29, 0.717) is 13.2 Å². The number of hydrogen-bond donors (Lipinski definition) is 0. The highest BCUT2D eigenvalue weighted by atomic mass is 16.6. The highest BCUT2D eigenvalue weighted by Gasteiger charge is 2.34. The molecule has 4 heteroatoms. The normalized spacial score (nSPS) is 19.1. The maximum atomic E-state index is 5.84. The molecule has 0 atom stereocenters. The average molecular weight is 241 g/mol. The second kappa shape index (κ2) is 4.37. The largest absolute Gasteiger partial charge is 0.494 e. The van der Waals surface area contributed by atoms with Gasteiger partial charge in [0.05, 0.1) is 5.52 Å². The van der Waals surface area contributed by atoms with Gasteiger partial charge in [0.1, 0.15) is 0 Å². The van der Waals surface area contributed by atoms with Crippen LogP contribution in [0.25, 0.3) is 10.9 Å². The first-order valence-corrected chi connectivity index (χ1v) is 6.23. The van der Waals surface area contributed by atoms with Crippen LogP contribution in [0, 0.1) is 5.41 Å². The molecule has 1 fully saturated rings. The standard InChI is InChI=1S/C14H16BNO2/c1-14(2)9-17-15(18-10-14)12-7-8-16-13-6-4-3-5-11(12)13/h3-8H,9-10H2,1-2H3. The average Bonchev–Trinajstić information content (AvgIpc) is 2.38. The van der Waals surface area contributed by atoms with Crippen LogP contribution in [0.15, 0.2) is 36.5 Å². The van der Waals surface area contributed by atoms with Gasteiger partial charge in [-0.2, -0.15) is 0 Å². The fourth-order valence-corrected chi connectivity index (χ4v) is 2.20. The third kappa shape index (κ3) is 2.14. The lowest BCUT2D eigenvalue weighted by atomic mass is 9.74. The molecule has 0 N–H and O–H groups in total. The maximum absolute atomic E-state index is 5.84. The molecule has 0 aliphatic carbocycles. The van der Waals surface area contributed by atoms with Crippen LogP contribution in [-0.4, -0.2) is 25.3 Å². The monoisotopic (exact) mass is 241 g/mol. The van der Waals surface area contributed by atoms with E-state index in [0.717, 1.165) is 16.4 Å². The summed E-state index contributed by atoms with van der Waals surface area (Å²) >= 11 is 0. The molecule has 2 aromatic rings. The van der Waals surface area contributed by atoms with Crippen molar-refractivity contribution in [2.75, 3.05) is 13.2 Å². The summed E-state index contributed by atoms with van der Waals surface area (Å²) in [5.74, 6) is 0. The molecule has 1 aliphatic heterocycles. The van der Waals surface area contributed by atoms with Crippen LogP contribution >= 0.6 is 0 Å². The Morgan fingerprint density at radius 1 is 1.11 bits per heavy atom. The van der Waals surface area contributed by atoms with Gasteiger partial charge in [-0.1, -0.05) is 32.0 Å². The van der Waals surface area contributed by atoms with Gasteiger partial charge in [0.2, 0.25) is 0 Å². The van der Waals surface area contributed by atoms with Gasteiger partial charge in [0.15, 0.2) is 0 Å². The zero-order valence-corrected chi connectivity index (χ0v) is 10.7. The minimum absolute atomic E-state index is 0.0966. The predicted molar refractivity (Wildman–Crippen MR) is 72.8 cm³/mol. The van der Waals surface area contributed by atoms with Crippen molar-refractivity contribution in [2.45, 2.75) is 13.8 Å². The molecular weight excluding hydrogens is 225 g/mol. The zero-order valence-electron chi connectivity index (χ0n) is 10.7. The molecular formula is C14H16BNO2. The smallest absolute Gasteiger partial charge is 0.407 e. The number of pyridine rings is 1. The van der Waals surface area contributed by atoms with Gasteiger partial charge in [-0.3, -0.25) is 4.98 Å². The van der Waals surface area contributed by atoms with Gasteiger partial charge in [-0.05, 0) is 23.0 Å². The van der Waals surface area contributed by atoms with Crippen molar-refractivity contribution in [3.8, 4) is 0 Å². The molecule has 92 valence electrons. The van der Waals surface area contributed by atoms with Crippen molar-refractivity contribution in [1.29, 1.82) is 0 Å². The summed E-state index contributed by atoms with van der Waals surface area (Å²) in [6, 6.07) is 10.0. The minimum Gasteiger partial charge on any atom is -0.407 e. The molecule has 1 aliphatic rings. The number of hydrogen-bond acceptors (Lipinski definition) is 3. The molecule has 0 radical (unpaired) electrons. The highest BCUT2D eigenvalue weighted by molar-refractivity contribution is 6.64. The molecule has 1 aromatic carbocycles. The minimum atomic E-state index is -0.272. The lowest BCUT2D eigenvalue weighted by molar-refractivity contribution is 0.0344. The van der Waals surface area contributed by atoms with Crippen LogP contribution in [0.1, 0.15) is 13.8 Å². The summed E-state index contributed by atoms with van der Waals surface area (Å²) in [5, 5.41) is 1.10. The van der Waals surface area contributed by atoms with Crippen molar-refractivity contribution in [3.05, 3.63) is 36.5 Å². The van der Waals surface area contributed by atoms with E-state index in [2.05, 4.69) is 24.9 Å². The molecule has 0 amide bonds. The van der Waals surface area contributed by atoms with E-state index in [1.165, 1.54) is 0 Å². The molecule has 0 saturated carbocycles. The summed E-state index contributed by atoms with van der Waals surface area (Å²) in [7, 11) is -0.272. The number of fused-ring (bicyclic) bond motifs is 1. The SMILES string of the molecule is CC1(C)COB(c2ccnc3ccccc23)OC1. The van der Waals surface area contributed by atoms with Crippen LogP contribution in [0.3, 0.4) is 0 Å². The fourth-order valence-electron chi connectivity index (χ4n) is 2.20. The lowest BCUT2D eigenvalue weighted by Crippen LogP contribution is -2.47. The Hall–Kier alpha value is -1.39. The quantitative estimate of drug-likeness (QED) is 0.715. The Morgan fingerprint density at radius 2 is 1.83 bits per heavy atom. The van der Waals surface area contributed by atoms with E-state index in [9.17, 15) is 0 Å². The van der Waals surface area contributed by atoms with E-state index in [1.807, 2.05) is 30.5 Å². The van der Waals surface area contributed by atoms with Crippen molar-refractivity contribution >= 4 is 23.5 Å². The van der Waals surface area contributed by atoms with Gasteiger partial charge in [-0.15, -0.1) is 0 Å². The molecule has 0 bridgehead atoms. The molecule has 1 saturated heterocycles. The van der Waals surface area contributed by atoms with Gasteiger partial charge >= 0.3 is 7.12 Å². The zero-order chi connectivity index (χ0) is 12.6. The number of aromatic nitrogens is 1. The summed E-state index contributed by atoms with van der Waals surface area (Å²) in [5.41, 5.74) is 2.14. The Balaban J connectivity index is 1.96. The fraction of sp³-hybridized carbons (Fsp3) is 0.357. The van der Waals surface area contributed by atoms with Gasteiger partial charge in [-0.25, -0.2) is 0 Å². The summed E-state index contributed by atoms with van der Waals surface area (Å²) < 4.78 is 11.7. The van der Waals surface area contributed by atoms with E-state index in [4.69, 9.17) is 9.31 Å². The Kier molecular flexibility index (Phi) is 2.84. The van der Waals surface area contributed by atoms with Crippen LogP contribution in [-0.2, 0) is 9.31 Å². The Labute approximate surface area is 107 Å². The van der Waals surface area contributed by atoms with Crippen LogP contribution in [0.2, 0.25) is 0 Å². The van der Waals surface area contributed by atoms with Gasteiger partial charge < -0.3 is 9.31 Å². The third-order valence-electron chi connectivity index (χ3n) is 3.19. The van der Waals surface area contributed by atoms with Crippen molar-refractivity contribution in [3.63, 3.8) is 0 Å². The summed E-state index contributed by atoms with van der Waals surface area (Å²) in [6.45, 7) is 5.73. The molecule has 3 nitrogen and oxygen atoms in total. The van der Waals surface area contributed by atoms with Crippen molar-refractivity contribution < 1.29 is 9.31 Å². The van der Waals surface area contributed by atoms with E-state index in [1.54, 1.807) is 0 Å². The first-order chi connectivity index (χ1) is 8.66. The Morgan fingerprint density at radius 3 is 2.61 bits per heavy atom. The lowest BCUT2D eigenvalue weighted by Gasteiger charge is -2.33.